The molecule has 1 aliphatic carbocycles. The zero-order valence-electron chi connectivity index (χ0n) is 29.0. The van der Waals surface area contributed by atoms with Gasteiger partial charge in [-0.2, -0.15) is 0 Å². The van der Waals surface area contributed by atoms with E-state index in [4.69, 9.17) is 9.47 Å². The molecule has 0 bridgehead atoms. The molecular formula is C37H54N4O7. The Morgan fingerprint density at radius 1 is 1.02 bits per heavy atom. The fourth-order valence-electron chi connectivity index (χ4n) is 6.50. The van der Waals surface area contributed by atoms with Gasteiger partial charge in [-0.3, -0.25) is 9.69 Å². The maximum Gasteiger partial charge on any atom is 0.335 e. The number of anilines is 1. The second-order valence-electron chi connectivity index (χ2n) is 13.6. The van der Waals surface area contributed by atoms with Gasteiger partial charge in [-0.05, 0) is 88.9 Å². The molecule has 3 amide bonds. The summed E-state index contributed by atoms with van der Waals surface area (Å²) < 4.78 is 12.8. The molecule has 0 radical (unpaired) electrons. The third-order valence-corrected chi connectivity index (χ3v) is 9.39. The molecule has 2 aliphatic rings. The number of nitrogens with zero attached hydrogens (tertiary/aromatic N) is 2. The van der Waals surface area contributed by atoms with Crippen LogP contribution in [0.4, 0.5) is 10.5 Å². The highest BCUT2D eigenvalue weighted by Crippen LogP contribution is 2.29. The van der Waals surface area contributed by atoms with Gasteiger partial charge in [0.15, 0.2) is 0 Å². The van der Waals surface area contributed by atoms with Crippen molar-refractivity contribution in [3.05, 3.63) is 59.2 Å². The molecule has 1 aliphatic heterocycles. The van der Waals surface area contributed by atoms with Gasteiger partial charge in [0.25, 0.3) is 5.91 Å². The number of nitrogens with one attached hydrogen (secondary N) is 2. The summed E-state index contributed by atoms with van der Waals surface area (Å²) in [5.41, 5.74) is 2.07. The van der Waals surface area contributed by atoms with E-state index < -0.39 is 12.0 Å². The molecule has 264 valence electrons. The number of benzene rings is 2. The lowest BCUT2D eigenvalue weighted by atomic mass is 9.96. The number of amides is 3. The second-order valence-corrected chi connectivity index (χ2v) is 13.6. The number of urea groups is 1. The number of hydrogen-bond donors (Lipinski definition) is 4. The molecule has 4 atom stereocenters. The molecule has 1 saturated carbocycles. The highest BCUT2D eigenvalue weighted by atomic mass is 16.5. The molecule has 2 aromatic carbocycles. The summed E-state index contributed by atoms with van der Waals surface area (Å²) in [5, 5.41) is 25.5. The fraction of sp³-hybridized carbons (Fsp3) is 0.595. The molecule has 0 spiro atoms. The van der Waals surface area contributed by atoms with Crippen molar-refractivity contribution in [1.82, 2.24) is 15.1 Å². The standard InChI is InChI=1S/C37H54N4O7/c1-25-21-41(26(2)24-42)35(43)32-20-31(39-37(46)38-30-11-6-5-7-12-30)17-18-33(32)48-27(3)10-8-9-19-47-34(25)23-40(4)22-28-13-15-29(16-14-28)36(44)45/h13-18,20,25-27,30,34,42H,5-12,19,21-24H2,1-4H3,(H,44,45)(H2,38,39,46)/t25-,26+,27+,34+/m1/s1. The average molecular weight is 667 g/mol. The lowest BCUT2D eigenvalue weighted by molar-refractivity contribution is -0.0177. The molecule has 11 heteroatoms. The van der Waals surface area contributed by atoms with E-state index in [1.165, 1.54) is 6.42 Å². The Morgan fingerprint density at radius 2 is 1.73 bits per heavy atom. The highest BCUT2D eigenvalue weighted by Gasteiger charge is 2.30. The Hall–Kier alpha value is -3.67. The van der Waals surface area contributed by atoms with Crippen LogP contribution in [0, 0.1) is 5.92 Å². The van der Waals surface area contributed by atoms with Gasteiger partial charge >= 0.3 is 12.0 Å². The molecule has 0 aromatic heterocycles. The summed E-state index contributed by atoms with van der Waals surface area (Å²) in [5.74, 6) is -0.880. The number of aromatic carboxylic acids is 1. The van der Waals surface area contributed by atoms with E-state index in [2.05, 4.69) is 22.5 Å². The quantitative estimate of drug-likeness (QED) is 0.265. The van der Waals surface area contributed by atoms with Crippen LogP contribution in [0.2, 0.25) is 0 Å². The summed E-state index contributed by atoms with van der Waals surface area (Å²) in [6.07, 6.45) is 7.52. The molecule has 0 unspecified atom stereocenters. The van der Waals surface area contributed by atoms with Gasteiger partial charge in [0.2, 0.25) is 0 Å². The number of aliphatic hydroxyl groups excluding tert-OH is 1. The Labute approximate surface area is 285 Å². The topological polar surface area (TPSA) is 141 Å². The lowest BCUT2D eigenvalue weighted by Crippen LogP contribution is -2.47. The fourth-order valence-corrected chi connectivity index (χ4v) is 6.50. The SMILES string of the molecule is C[C@@H]1CN([C@@H](C)CO)C(=O)c2cc(NC(=O)NC3CCCCC3)ccc2O[C@@H](C)CCCCO[C@H]1CN(C)Cc1ccc(C(=O)O)cc1. The van der Waals surface area contributed by atoms with Crippen LogP contribution >= 0.6 is 0 Å². The molecule has 0 saturated heterocycles. The van der Waals surface area contributed by atoms with Crippen LogP contribution in [0.5, 0.6) is 5.75 Å². The minimum atomic E-state index is -0.954. The summed E-state index contributed by atoms with van der Waals surface area (Å²) >= 11 is 0. The molecular weight excluding hydrogens is 612 g/mol. The molecule has 4 rings (SSSR count). The highest BCUT2D eigenvalue weighted by molar-refractivity contribution is 5.99. The first-order valence-electron chi connectivity index (χ1n) is 17.5. The van der Waals surface area contributed by atoms with Gasteiger partial charge in [0.1, 0.15) is 5.75 Å². The predicted molar refractivity (Wildman–Crippen MR) is 186 cm³/mol. The van der Waals surface area contributed by atoms with Crippen LogP contribution in [0.15, 0.2) is 42.5 Å². The monoisotopic (exact) mass is 666 g/mol. The number of ether oxygens (including phenoxy) is 2. The number of carbonyl (C=O) groups is 3. The first-order valence-corrected chi connectivity index (χ1v) is 17.5. The van der Waals surface area contributed by atoms with Gasteiger partial charge < -0.3 is 35.2 Å². The van der Waals surface area contributed by atoms with Crippen LogP contribution in [-0.2, 0) is 11.3 Å². The van der Waals surface area contributed by atoms with Gasteiger partial charge in [-0.15, -0.1) is 0 Å². The third-order valence-electron chi connectivity index (χ3n) is 9.39. The van der Waals surface area contributed by atoms with Crippen molar-refractivity contribution < 1.29 is 34.1 Å². The summed E-state index contributed by atoms with van der Waals surface area (Å²) in [6.45, 7) is 7.75. The van der Waals surface area contributed by atoms with Crippen molar-refractivity contribution in [3.63, 3.8) is 0 Å². The van der Waals surface area contributed by atoms with E-state index in [1.54, 1.807) is 35.2 Å². The first kappa shape index (κ1) is 37.2. The van der Waals surface area contributed by atoms with Crippen molar-refractivity contribution in [3.8, 4) is 5.75 Å². The number of fused-ring (bicyclic) bond motifs is 1. The van der Waals surface area contributed by atoms with E-state index in [9.17, 15) is 24.6 Å². The normalized spacial score (nSPS) is 22.2. The smallest absolute Gasteiger partial charge is 0.335 e. The number of hydrogen-bond acceptors (Lipinski definition) is 7. The first-order chi connectivity index (χ1) is 23.0. The Bertz CT molecular complexity index is 1350. The van der Waals surface area contributed by atoms with Crippen LogP contribution in [0.3, 0.4) is 0 Å². The number of rotatable bonds is 9. The van der Waals surface area contributed by atoms with E-state index in [0.717, 1.165) is 50.5 Å². The predicted octanol–water partition coefficient (Wildman–Crippen LogP) is 5.77. The zero-order valence-corrected chi connectivity index (χ0v) is 29.0. The van der Waals surface area contributed by atoms with E-state index in [1.807, 2.05) is 33.0 Å². The van der Waals surface area contributed by atoms with Crippen LogP contribution in [-0.4, -0.2) is 95.6 Å². The number of aliphatic hydroxyl groups is 1. The second kappa shape index (κ2) is 18.2. The molecule has 2 aromatic rings. The van der Waals surface area contributed by atoms with Crippen molar-refractivity contribution in [2.45, 2.75) is 103 Å². The summed E-state index contributed by atoms with van der Waals surface area (Å²) in [4.78, 5) is 42.3. The molecule has 4 N–H and O–H groups in total. The van der Waals surface area contributed by atoms with Crippen molar-refractivity contribution in [1.29, 1.82) is 0 Å². The minimum Gasteiger partial charge on any atom is -0.490 e. The lowest BCUT2D eigenvalue weighted by Gasteiger charge is -2.36. The minimum absolute atomic E-state index is 0.0893. The molecule has 1 heterocycles. The number of carbonyl (C=O) groups excluding carboxylic acids is 2. The summed E-state index contributed by atoms with van der Waals surface area (Å²) in [6, 6.07) is 11.4. The van der Waals surface area contributed by atoms with E-state index in [0.29, 0.717) is 43.2 Å². The van der Waals surface area contributed by atoms with E-state index in [-0.39, 0.29) is 48.3 Å². The molecule has 1 fully saturated rings. The van der Waals surface area contributed by atoms with Crippen LogP contribution < -0.4 is 15.4 Å². The van der Waals surface area contributed by atoms with Crippen molar-refractivity contribution in [2.75, 3.05) is 38.7 Å². The van der Waals surface area contributed by atoms with Crippen LogP contribution in [0.1, 0.15) is 98.4 Å². The van der Waals surface area contributed by atoms with Crippen molar-refractivity contribution in [2.24, 2.45) is 5.92 Å². The zero-order chi connectivity index (χ0) is 34.6. The number of carboxylic acids is 1. The maximum atomic E-state index is 14.4. The van der Waals surface area contributed by atoms with Crippen LogP contribution in [0.25, 0.3) is 0 Å². The largest absolute Gasteiger partial charge is 0.490 e. The summed E-state index contributed by atoms with van der Waals surface area (Å²) in [7, 11) is 2.00. The Morgan fingerprint density at radius 3 is 2.42 bits per heavy atom. The maximum absolute atomic E-state index is 14.4. The molecule has 11 nitrogen and oxygen atoms in total. The molecule has 48 heavy (non-hydrogen) atoms. The van der Waals surface area contributed by atoms with Gasteiger partial charge in [-0.1, -0.05) is 38.3 Å². The van der Waals surface area contributed by atoms with Gasteiger partial charge in [-0.25, -0.2) is 9.59 Å². The number of carboxylic acid groups (broad SMARTS) is 1. The third kappa shape index (κ3) is 10.9. The van der Waals surface area contributed by atoms with Gasteiger partial charge in [0.05, 0.1) is 36.0 Å². The van der Waals surface area contributed by atoms with Crippen molar-refractivity contribution >= 4 is 23.6 Å². The van der Waals surface area contributed by atoms with E-state index >= 15 is 0 Å². The van der Waals surface area contributed by atoms with Gasteiger partial charge in [0, 0.05) is 43.9 Å². The number of likely N-dealkylation sites (N-methyl/N-ethyl adjacent to an activating group) is 1. The average Bonchev–Trinajstić information content (AvgIpc) is 3.06. The Kier molecular flexibility index (Phi) is 14.1. The Balaban J connectivity index is 1.55.